The summed E-state index contributed by atoms with van der Waals surface area (Å²) in [6.07, 6.45) is 1.35. The van der Waals surface area contributed by atoms with E-state index in [0.29, 0.717) is 31.5 Å². The minimum atomic E-state index is -3.70. The van der Waals surface area contributed by atoms with E-state index < -0.39 is 68.8 Å². The molecule has 0 aliphatic carbocycles. The van der Waals surface area contributed by atoms with Gasteiger partial charge in [-0.05, 0) is 56.5 Å². The molecule has 2 aromatic carbocycles. The zero-order valence-electron chi connectivity index (χ0n) is 25.5. The first-order chi connectivity index (χ1) is 20.8. The van der Waals surface area contributed by atoms with Gasteiger partial charge in [0.2, 0.25) is 28.6 Å². The number of nitrogens with two attached hydrogens (primary N) is 1. The largest absolute Gasteiger partial charge is 0.426 e. The van der Waals surface area contributed by atoms with Crippen LogP contribution in [0, 0.1) is 0 Å². The summed E-state index contributed by atoms with van der Waals surface area (Å²) < 4.78 is 36.9. The highest BCUT2D eigenvalue weighted by Gasteiger charge is 2.64. The van der Waals surface area contributed by atoms with Crippen LogP contribution in [0.1, 0.15) is 62.5 Å². The maximum Gasteiger partial charge on any atom is 0.341 e. The number of fused-ring (bicyclic) bond motifs is 1. The van der Waals surface area contributed by atoms with Crippen molar-refractivity contribution in [3.05, 3.63) is 65.7 Å². The third-order valence-electron chi connectivity index (χ3n) is 7.47. The van der Waals surface area contributed by atoms with Crippen LogP contribution >= 0.6 is 24.2 Å². The van der Waals surface area contributed by atoms with Crippen LogP contribution < -0.4 is 11.1 Å². The molecule has 2 amide bonds. The van der Waals surface area contributed by atoms with Crippen molar-refractivity contribution in [2.75, 3.05) is 19.9 Å². The van der Waals surface area contributed by atoms with Crippen molar-refractivity contribution < 1.29 is 37.1 Å². The molecule has 2 aliphatic heterocycles. The number of sulfonamides is 1. The van der Waals surface area contributed by atoms with Crippen LogP contribution in [-0.4, -0.2) is 83.5 Å². The average molecular weight is 683 g/mol. The molecule has 2 aliphatic rings. The number of halogens is 1. The van der Waals surface area contributed by atoms with Crippen LogP contribution in [0.3, 0.4) is 0 Å². The molecule has 0 saturated carbocycles. The zero-order valence-corrected chi connectivity index (χ0v) is 28.0. The lowest BCUT2D eigenvalue weighted by Crippen LogP contribution is -2.71. The van der Waals surface area contributed by atoms with Crippen molar-refractivity contribution in [3.63, 3.8) is 0 Å². The number of nitrogens with one attached hydrogen (secondary N) is 1. The Hall–Kier alpha value is -3.17. The highest BCUT2D eigenvalue weighted by Crippen LogP contribution is 2.51. The van der Waals surface area contributed by atoms with Crippen LogP contribution in [0.2, 0.25) is 0 Å². The maximum absolute atomic E-state index is 13.1. The molecule has 12 nitrogen and oxygen atoms in total. The Kier molecular flexibility index (Phi) is 12.1. The van der Waals surface area contributed by atoms with Crippen molar-refractivity contribution >= 4 is 57.9 Å². The first-order valence-electron chi connectivity index (χ1n) is 14.4. The number of thioether (sulfide) groups is 1. The molecule has 0 radical (unpaired) electrons. The van der Waals surface area contributed by atoms with E-state index in [2.05, 4.69) is 5.32 Å². The molecule has 4 rings (SSSR count). The highest BCUT2D eigenvalue weighted by molar-refractivity contribution is 8.01. The van der Waals surface area contributed by atoms with Gasteiger partial charge in [0.25, 0.3) is 0 Å². The van der Waals surface area contributed by atoms with Gasteiger partial charge in [-0.1, -0.05) is 44.2 Å². The topological polar surface area (TPSA) is 165 Å². The number of nitrogens with zero attached hydrogens (tertiary/aromatic N) is 2. The third kappa shape index (κ3) is 7.63. The summed E-state index contributed by atoms with van der Waals surface area (Å²) >= 11 is 1.35. The van der Waals surface area contributed by atoms with E-state index in [9.17, 15) is 27.6 Å². The summed E-state index contributed by atoms with van der Waals surface area (Å²) in [6.45, 7) is 7.45. The standard InChI is InChI=1S/C30H38N4O8S2.ClH/c1-5-16-33(17-6-2)44(39,40)21-14-12-20(13-15-21)28(37)41-18-42-29(38)24-30(3,4)43-27-23(26(36)34(24)27)32-25(35)22(31)19-10-8-7-9-11-19;/h7-15,22-24,27H,5-6,16-18,31H2,1-4H3,(H,32,35);1H/t22?,23-,24+,27-;/m1./s1. The Balaban J connectivity index is 0.00000552. The van der Waals surface area contributed by atoms with E-state index in [4.69, 9.17) is 15.2 Å². The molecular weight excluding hydrogens is 644 g/mol. The zero-order chi connectivity index (χ0) is 32.2. The second-order valence-electron chi connectivity index (χ2n) is 11.1. The van der Waals surface area contributed by atoms with Crippen molar-refractivity contribution in [3.8, 4) is 0 Å². The number of esters is 2. The molecule has 0 spiro atoms. The van der Waals surface area contributed by atoms with Gasteiger partial charge in [0.05, 0.1) is 10.5 Å². The van der Waals surface area contributed by atoms with Gasteiger partial charge < -0.3 is 25.4 Å². The van der Waals surface area contributed by atoms with Gasteiger partial charge in [0.1, 0.15) is 23.5 Å². The fourth-order valence-electron chi connectivity index (χ4n) is 5.25. The molecule has 0 bridgehead atoms. The van der Waals surface area contributed by atoms with E-state index in [-0.39, 0.29) is 22.9 Å². The number of rotatable bonds is 13. The summed E-state index contributed by atoms with van der Waals surface area (Å²) in [5.41, 5.74) is 6.76. The fraction of sp³-hybridized carbons (Fsp3) is 0.467. The van der Waals surface area contributed by atoms with Crippen molar-refractivity contribution in [1.29, 1.82) is 0 Å². The number of β-lactam (4-membered cyclic amide) rings is 1. The molecule has 2 heterocycles. The summed E-state index contributed by atoms with van der Waals surface area (Å²) in [5.74, 6) is -2.51. The number of amides is 2. The molecule has 2 fully saturated rings. The molecule has 3 N–H and O–H groups in total. The fourth-order valence-corrected chi connectivity index (χ4v) is 8.49. The summed E-state index contributed by atoms with van der Waals surface area (Å²) in [6, 6.07) is 11.4. The van der Waals surface area contributed by atoms with Crippen LogP contribution in [0.15, 0.2) is 59.5 Å². The third-order valence-corrected chi connectivity index (χ3v) is 11.0. The number of ether oxygens (including phenoxy) is 2. The van der Waals surface area contributed by atoms with Crippen molar-refractivity contribution in [2.24, 2.45) is 5.73 Å². The number of benzene rings is 2. The number of hydrogen-bond donors (Lipinski definition) is 2. The van der Waals surface area contributed by atoms with Gasteiger partial charge in [-0.25, -0.2) is 18.0 Å². The van der Waals surface area contributed by atoms with Crippen LogP contribution in [0.25, 0.3) is 0 Å². The van der Waals surface area contributed by atoms with Gasteiger partial charge in [0, 0.05) is 17.8 Å². The molecule has 15 heteroatoms. The van der Waals surface area contributed by atoms with Gasteiger partial charge in [-0.2, -0.15) is 4.31 Å². The Morgan fingerprint density at radius 1 is 1.02 bits per heavy atom. The SMILES string of the molecule is CCCN(CCC)S(=O)(=O)c1ccc(C(=O)OCOC(=O)[C@@H]2N3C(=O)[C@@H](NC(=O)C(N)c4ccccc4)[C@H]3SC2(C)C)cc1.Cl. The van der Waals surface area contributed by atoms with Crippen LogP contribution in [0.4, 0.5) is 0 Å². The van der Waals surface area contributed by atoms with Gasteiger partial charge in [-0.3, -0.25) is 9.59 Å². The minimum Gasteiger partial charge on any atom is -0.426 e. The summed E-state index contributed by atoms with van der Waals surface area (Å²) in [7, 11) is -3.70. The average Bonchev–Trinajstić information content (AvgIpc) is 3.27. The van der Waals surface area contributed by atoms with Crippen LogP contribution in [0.5, 0.6) is 0 Å². The second kappa shape index (κ2) is 14.9. The van der Waals surface area contributed by atoms with Crippen molar-refractivity contribution in [2.45, 2.75) is 73.7 Å². The maximum atomic E-state index is 13.1. The van der Waals surface area contributed by atoms with Crippen molar-refractivity contribution in [1.82, 2.24) is 14.5 Å². The molecule has 45 heavy (non-hydrogen) atoms. The van der Waals surface area contributed by atoms with E-state index in [1.165, 1.54) is 45.2 Å². The molecular formula is C30H39ClN4O8S2. The molecule has 0 aromatic heterocycles. The van der Waals surface area contributed by atoms with E-state index >= 15 is 0 Å². The Bertz CT molecular complexity index is 1490. The molecule has 2 aromatic rings. The molecule has 1 unspecified atom stereocenters. The normalized spacial score (nSPS) is 20.8. The second-order valence-corrected chi connectivity index (χ2v) is 14.8. The van der Waals surface area contributed by atoms with Gasteiger partial charge >= 0.3 is 11.9 Å². The quantitative estimate of drug-likeness (QED) is 0.182. The number of hydrogen-bond acceptors (Lipinski definition) is 10. The summed E-state index contributed by atoms with van der Waals surface area (Å²) in [5, 5.41) is 2.21. The predicted octanol–water partition coefficient (Wildman–Crippen LogP) is 2.82. The minimum absolute atomic E-state index is 0. The smallest absolute Gasteiger partial charge is 0.341 e. The lowest BCUT2D eigenvalue weighted by molar-refractivity contribution is -0.169. The van der Waals surface area contributed by atoms with E-state index in [0.717, 1.165) is 0 Å². The first-order valence-corrected chi connectivity index (χ1v) is 16.7. The van der Waals surface area contributed by atoms with Gasteiger partial charge in [0.15, 0.2) is 0 Å². The number of carbonyl (C=O) groups excluding carboxylic acids is 4. The molecule has 2 saturated heterocycles. The van der Waals surface area contributed by atoms with Gasteiger partial charge in [-0.15, -0.1) is 24.2 Å². The van der Waals surface area contributed by atoms with Crippen LogP contribution in [-0.2, 0) is 33.9 Å². The summed E-state index contributed by atoms with van der Waals surface area (Å²) in [4.78, 5) is 52.8. The Morgan fingerprint density at radius 3 is 2.20 bits per heavy atom. The Labute approximate surface area is 273 Å². The molecule has 246 valence electrons. The number of carbonyl (C=O) groups is 4. The highest BCUT2D eigenvalue weighted by atomic mass is 35.5. The predicted molar refractivity (Wildman–Crippen MR) is 171 cm³/mol. The van der Waals surface area contributed by atoms with E-state index in [1.807, 2.05) is 13.8 Å². The van der Waals surface area contributed by atoms with E-state index in [1.54, 1.807) is 44.2 Å². The monoisotopic (exact) mass is 682 g/mol. The Morgan fingerprint density at radius 2 is 1.62 bits per heavy atom. The molecule has 4 atom stereocenters. The lowest BCUT2D eigenvalue weighted by Gasteiger charge is -2.44. The first kappa shape index (κ1) is 36.3. The lowest BCUT2D eigenvalue weighted by atomic mass is 9.95.